The van der Waals surface area contributed by atoms with Crippen molar-refractivity contribution in [1.29, 1.82) is 0 Å². The van der Waals surface area contributed by atoms with Gasteiger partial charge in [-0.1, -0.05) is 0 Å². The number of hydrogen-bond donors (Lipinski definition) is 0. The van der Waals surface area contributed by atoms with Crippen LogP contribution in [0.2, 0.25) is 0 Å². The third kappa shape index (κ3) is 6.02. The predicted molar refractivity (Wildman–Crippen MR) is 131 cm³/mol. The fourth-order valence-corrected chi connectivity index (χ4v) is 6.35. The van der Waals surface area contributed by atoms with Crippen LogP contribution >= 0.6 is 12.4 Å². The van der Waals surface area contributed by atoms with Gasteiger partial charge in [-0.15, -0.1) is 12.4 Å². The van der Waals surface area contributed by atoms with Crippen LogP contribution in [-0.2, 0) is 19.6 Å². The van der Waals surface area contributed by atoms with Crippen LogP contribution in [0.1, 0.15) is 25.7 Å². The van der Waals surface area contributed by atoms with Crippen LogP contribution in [0.3, 0.4) is 0 Å². The molecule has 1 aromatic rings. The molecule has 3 heterocycles. The number of methoxy groups -OCH3 is 1. The summed E-state index contributed by atoms with van der Waals surface area (Å²) in [6.45, 7) is 5.50. The number of carbonyl (C=O) groups is 2. The first kappa shape index (κ1) is 26.7. The van der Waals surface area contributed by atoms with Gasteiger partial charge in [-0.25, -0.2) is 8.42 Å². The molecule has 3 saturated heterocycles. The second kappa shape index (κ2) is 11.7. The Balaban J connectivity index is 0.00000324. The van der Waals surface area contributed by atoms with E-state index in [1.807, 2.05) is 9.80 Å². The van der Waals surface area contributed by atoms with Gasteiger partial charge in [0.05, 0.1) is 18.6 Å². The molecule has 3 fully saturated rings. The third-order valence-electron chi connectivity index (χ3n) is 7.00. The Labute approximate surface area is 208 Å². The molecule has 0 aromatic heterocycles. The van der Waals surface area contributed by atoms with E-state index in [0.29, 0.717) is 64.4 Å². The predicted octanol–water partition coefficient (Wildman–Crippen LogP) is 1.28. The molecular formula is C23H35ClN4O5S. The highest BCUT2D eigenvalue weighted by Crippen LogP contribution is 2.26. The van der Waals surface area contributed by atoms with E-state index in [1.165, 1.54) is 4.31 Å². The Morgan fingerprint density at radius 3 is 2.03 bits per heavy atom. The number of carbonyl (C=O) groups excluding carboxylic acids is 2. The summed E-state index contributed by atoms with van der Waals surface area (Å²) < 4.78 is 32.4. The lowest BCUT2D eigenvalue weighted by atomic mass is 9.96. The van der Waals surface area contributed by atoms with Crippen LogP contribution in [0.15, 0.2) is 29.2 Å². The molecule has 4 rings (SSSR count). The van der Waals surface area contributed by atoms with Gasteiger partial charge in [0, 0.05) is 58.3 Å². The van der Waals surface area contributed by atoms with Gasteiger partial charge < -0.3 is 14.5 Å². The summed E-state index contributed by atoms with van der Waals surface area (Å²) in [4.78, 5) is 31.6. The van der Waals surface area contributed by atoms with Crippen LogP contribution in [0.4, 0.5) is 0 Å². The minimum absolute atomic E-state index is 0. The second-order valence-electron chi connectivity index (χ2n) is 9.04. The first-order valence-corrected chi connectivity index (χ1v) is 13.3. The molecule has 1 aromatic carbocycles. The number of hydrogen-bond acceptors (Lipinski definition) is 6. The highest BCUT2D eigenvalue weighted by molar-refractivity contribution is 7.89. The molecule has 3 aliphatic heterocycles. The van der Waals surface area contributed by atoms with E-state index in [1.54, 1.807) is 31.4 Å². The first-order chi connectivity index (χ1) is 15.9. The molecule has 0 spiro atoms. The fourth-order valence-electron chi connectivity index (χ4n) is 4.88. The molecule has 11 heteroatoms. The van der Waals surface area contributed by atoms with E-state index >= 15 is 0 Å². The third-order valence-corrected chi connectivity index (χ3v) is 8.91. The number of nitrogens with zero attached hydrogens (tertiary/aromatic N) is 4. The second-order valence-corrected chi connectivity index (χ2v) is 11.0. The van der Waals surface area contributed by atoms with Crippen molar-refractivity contribution in [2.75, 3.05) is 66.0 Å². The summed E-state index contributed by atoms with van der Waals surface area (Å²) in [6, 6.07) is 6.39. The number of amides is 2. The van der Waals surface area contributed by atoms with Crippen molar-refractivity contribution in [3.63, 3.8) is 0 Å². The summed E-state index contributed by atoms with van der Waals surface area (Å²) >= 11 is 0. The minimum Gasteiger partial charge on any atom is -0.497 e. The average Bonchev–Trinajstić information content (AvgIpc) is 3.39. The summed E-state index contributed by atoms with van der Waals surface area (Å²) in [6.07, 6.45) is 3.24. The van der Waals surface area contributed by atoms with E-state index in [4.69, 9.17) is 4.74 Å². The van der Waals surface area contributed by atoms with Gasteiger partial charge >= 0.3 is 0 Å². The molecule has 34 heavy (non-hydrogen) atoms. The monoisotopic (exact) mass is 514 g/mol. The molecule has 0 bridgehead atoms. The molecule has 0 radical (unpaired) electrons. The van der Waals surface area contributed by atoms with Gasteiger partial charge in [0.25, 0.3) is 0 Å². The minimum atomic E-state index is -3.58. The van der Waals surface area contributed by atoms with Crippen LogP contribution in [0, 0.1) is 5.92 Å². The number of rotatable bonds is 6. The summed E-state index contributed by atoms with van der Waals surface area (Å²) in [5, 5.41) is 0. The molecule has 0 unspecified atom stereocenters. The maximum absolute atomic E-state index is 13.0. The number of likely N-dealkylation sites (tertiary alicyclic amines) is 1. The molecule has 190 valence electrons. The smallest absolute Gasteiger partial charge is 0.243 e. The number of halogens is 1. The van der Waals surface area contributed by atoms with Gasteiger partial charge in [0.2, 0.25) is 21.8 Å². The Morgan fingerprint density at radius 2 is 1.47 bits per heavy atom. The molecule has 3 aliphatic rings. The fraction of sp³-hybridized carbons (Fsp3) is 0.652. The molecule has 0 saturated carbocycles. The van der Waals surface area contributed by atoms with E-state index in [0.717, 1.165) is 25.9 Å². The van der Waals surface area contributed by atoms with Gasteiger partial charge in [-0.2, -0.15) is 4.31 Å². The van der Waals surface area contributed by atoms with E-state index in [9.17, 15) is 18.0 Å². The van der Waals surface area contributed by atoms with E-state index < -0.39 is 10.0 Å². The van der Waals surface area contributed by atoms with Crippen LogP contribution in [0.25, 0.3) is 0 Å². The van der Waals surface area contributed by atoms with Crippen molar-refractivity contribution < 1.29 is 22.7 Å². The zero-order valence-corrected chi connectivity index (χ0v) is 21.4. The quantitative estimate of drug-likeness (QED) is 0.568. The molecule has 0 atom stereocenters. The topological polar surface area (TPSA) is 90.5 Å². The van der Waals surface area contributed by atoms with Crippen molar-refractivity contribution in [1.82, 2.24) is 19.0 Å². The van der Waals surface area contributed by atoms with Gasteiger partial charge in [0.15, 0.2) is 0 Å². The zero-order valence-electron chi connectivity index (χ0n) is 19.7. The normalized spacial score (nSPS) is 20.7. The van der Waals surface area contributed by atoms with Crippen LogP contribution in [-0.4, -0.2) is 105 Å². The lowest BCUT2D eigenvalue weighted by Crippen LogP contribution is -2.53. The highest BCUT2D eigenvalue weighted by Gasteiger charge is 2.35. The lowest BCUT2D eigenvalue weighted by Gasteiger charge is -2.38. The first-order valence-electron chi connectivity index (χ1n) is 11.8. The van der Waals surface area contributed by atoms with Gasteiger partial charge in [-0.3, -0.25) is 14.5 Å². The molecular weight excluding hydrogens is 480 g/mol. The molecule has 2 amide bonds. The number of piperidine rings is 1. The maximum atomic E-state index is 13.0. The van der Waals surface area contributed by atoms with E-state index in [2.05, 4.69) is 4.90 Å². The average molecular weight is 515 g/mol. The number of sulfonamides is 1. The summed E-state index contributed by atoms with van der Waals surface area (Å²) in [7, 11) is -2.04. The highest BCUT2D eigenvalue weighted by atomic mass is 35.5. The number of benzene rings is 1. The maximum Gasteiger partial charge on any atom is 0.243 e. The van der Waals surface area contributed by atoms with Gasteiger partial charge in [-0.05, 0) is 49.9 Å². The number of ether oxygens (including phenoxy) is 1. The molecule has 0 N–H and O–H groups in total. The largest absolute Gasteiger partial charge is 0.497 e. The van der Waals surface area contributed by atoms with Crippen molar-refractivity contribution in [3.8, 4) is 5.75 Å². The summed E-state index contributed by atoms with van der Waals surface area (Å²) in [5.74, 6) is 0.767. The van der Waals surface area contributed by atoms with Crippen molar-refractivity contribution in [2.45, 2.75) is 30.6 Å². The Morgan fingerprint density at radius 1 is 0.882 bits per heavy atom. The lowest BCUT2D eigenvalue weighted by molar-refractivity contribution is -0.139. The van der Waals surface area contributed by atoms with Crippen molar-refractivity contribution in [3.05, 3.63) is 24.3 Å². The molecule has 0 aliphatic carbocycles. The molecule has 9 nitrogen and oxygen atoms in total. The van der Waals surface area contributed by atoms with Crippen molar-refractivity contribution in [2.24, 2.45) is 5.92 Å². The SMILES string of the molecule is COc1ccc(S(=O)(=O)N2CCC(C(=O)N3CCN(CC(=O)N4CCCC4)CC3)CC2)cc1.Cl. The Bertz CT molecular complexity index is 937. The van der Waals surface area contributed by atoms with Crippen LogP contribution in [0.5, 0.6) is 5.75 Å². The number of piperazine rings is 1. The van der Waals surface area contributed by atoms with Gasteiger partial charge in [0.1, 0.15) is 5.75 Å². The standard InChI is InChI=1S/C23H34N4O5S.ClH/c1-32-20-4-6-21(7-5-20)33(30,31)27-12-8-19(9-13-27)23(29)26-16-14-24(15-17-26)18-22(28)25-10-2-3-11-25;/h4-7,19H,2-3,8-18H2,1H3;1H. The summed E-state index contributed by atoms with van der Waals surface area (Å²) in [5.41, 5.74) is 0. The Hall–Kier alpha value is -1.88. The zero-order chi connectivity index (χ0) is 23.4. The Kier molecular flexibility index (Phi) is 9.20. The van der Waals surface area contributed by atoms with Crippen molar-refractivity contribution >= 4 is 34.2 Å². The van der Waals surface area contributed by atoms with Crippen LogP contribution < -0.4 is 4.74 Å². The van der Waals surface area contributed by atoms with E-state index in [-0.39, 0.29) is 35.0 Å².